The lowest BCUT2D eigenvalue weighted by molar-refractivity contribution is 0.730. The minimum absolute atomic E-state index is 0.999. The highest BCUT2D eigenvalue weighted by molar-refractivity contribution is 5.29. The molecule has 0 aliphatic rings. The zero-order chi connectivity index (χ0) is 10.7. The van der Waals surface area contributed by atoms with Gasteiger partial charge in [0.1, 0.15) is 0 Å². The zero-order valence-corrected chi connectivity index (χ0v) is 9.14. The summed E-state index contributed by atoms with van der Waals surface area (Å²) in [5.74, 6) is 0. The first-order chi connectivity index (χ1) is 7.31. The Morgan fingerprint density at radius 1 is 1.13 bits per heavy atom. The molecule has 3 nitrogen and oxygen atoms in total. The van der Waals surface area contributed by atoms with Gasteiger partial charge >= 0.3 is 0 Å². The largest absolute Gasteiger partial charge is 0.153 e. The molecule has 0 unspecified atom stereocenters. The normalized spacial score (nSPS) is 10.5. The average molecular weight is 201 g/mol. The summed E-state index contributed by atoms with van der Waals surface area (Å²) in [6, 6.07) is 10.00. The molecule has 1 aromatic carbocycles. The number of aryl methyl sites for hydroxylation is 2. The van der Waals surface area contributed by atoms with Crippen molar-refractivity contribution in [2.45, 2.75) is 26.7 Å². The van der Waals surface area contributed by atoms with Crippen molar-refractivity contribution in [1.29, 1.82) is 0 Å². The Morgan fingerprint density at radius 2 is 1.87 bits per heavy atom. The molecule has 78 valence electrons. The van der Waals surface area contributed by atoms with Crippen molar-refractivity contribution >= 4 is 0 Å². The first kappa shape index (κ1) is 9.90. The molecule has 0 atom stereocenters. The smallest absolute Gasteiger partial charge is 0.0860 e. The molecular formula is C12H15N3. The molecule has 2 aromatic rings. The van der Waals surface area contributed by atoms with Gasteiger partial charge < -0.3 is 0 Å². The van der Waals surface area contributed by atoms with Gasteiger partial charge in [0.15, 0.2) is 0 Å². The van der Waals surface area contributed by atoms with E-state index in [-0.39, 0.29) is 0 Å². The Bertz CT molecular complexity index is 431. The van der Waals surface area contributed by atoms with E-state index in [9.17, 15) is 0 Å². The molecule has 0 saturated carbocycles. The van der Waals surface area contributed by atoms with Crippen LogP contribution in [0.1, 0.15) is 24.7 Å². The van der Waals surface area contributed by atoms with E-state index in [2.05, 4.69) is 17.1 Å². The maximum absolute atomic E-state index is 4.48. The average Bonchev–Trinajstić information content (AvgIpc) is 2.63. The summed E-state index contributed by atoms with van der Waals surface area (Å²) in [6.45, 7) is 4.17. The van der Waals surface area contributed by atoms with Crippen LogP contribution in [0, 0.1) is 6.92 Å². The lowest BCUT2D eigenvalue weighted by Gasteiger charge is -1.96. The summed E-state index contributed by atoms with van der Waals surface area (Å²) in [7, 11) is 0. The number of hydrogen-bond donors (Lipinski definition) is 0. The molecule has 0 radical (unpaired) electrons. The molecule has 0 N–H and O–H groups in total. The molecule has 0 aliphatic carbocycles. The van der Waals surface area contributed by atoms with E-state index in [0.717, 1.165) is 29.9 Å². The van der Waals surface area contributed by atoms with Gasteiger partial charge in [-0.1, -0.05) is 31.5 Å². The van der Waals surface area contributed by atoms with E-state index in [4.69, 9.17) is 0 Å². The van der Waals surface area contributed by atoms with Crippen LogP contribution in [0.2, 0.25) is 0 Å². The van der Waals surface area contributed by atoms with E-state index in [1.165, 1.54) is 0 Å². The highest BCUT2D eigenvalue weighted by atomic mass is 15.5. The van der Waals surface area contributed by atoms with Crippen LogP contribution >= 0.6 is 0 Å². The Balaban J connectivity index is 2.34. The van der Waals surface area contributed by atoms with Gasteiger partial charge in [-0.2, -0.15) is 15.0 Å². The lowest BCUT2D eigenvalue weighted by atomic mass is 10.2. The fraction of sp³-hybridized carbons (Fsp3) is 0.333. The van der Waals surface area contributed by atoms with Gasteiger partial charge in [0.05, 0.1) is 17.1 Å². The summed E-state index contributed by atoms with van der Waals surface area (Å²) >= 11 is 0. The molecule has 0 amide bonds. The number of aromatic nitrogens is 3. The predicted molar refractivity (Wildman–Crippen MR) is 60.1 cm³/mol. The Kier molecular flexibility index (Phi) is 2.81. The quantitative estimate of drug-likeness (QED) is 0.764. The molecular weight excluding hydrogens is 186 g/mol. The number of nitrogens with zero attached hydrogens (tertiary/aromatic N) is 3. The van der Waals surface area contributed by atoms with Gasteiger partial charge in [-0.25, -0.2) is 0 Å². The number of benzene rings is 1. The van der Waals surface area contributed by atoms with Crippen LogP contribution in [0.4, 0.5) is 0 Å². The first-order valence-corrected chi connectivity index (χ1v) is 5.29. The maximum Gasteiger partial charge on any atom is 0.0860 e. The predicted octanol–water partition coefficient (Wildman–Crippen LogP) is 2.53. The minimum Gasteiger partial charge on any atom is -0.153 e. The van der Waals surface area contributed by atoms with Crippen molar-refractivity contribution in [3.8, 4) is 5.69 Å². The van der Waals surface area contributed by atoms with Gasteiger partial charge in [-0.05, 0) is 25.5 Å². The summed E-state index contributed by atoms with van der Waals surface area (Å²) in [6.07, 6.45) is 2.10. The molecule has 15 heavy (non-hydrogen) atoms. The first-order valence-electron chi connectivity index (χ1n) is 5.29. The summed E-state index contributed by atoms with van der Waals surface area (Å²) in [4.78, 5) is 1.71. The molecule has 0 bridgehead atoms. The summed E-state index contributed by atoms with van der Waals surface area (Å²) < 4.78 is 0. The number of rotatable bonds is 3. The topological polar surface area (TPSA) is 30.7 Å². The second kappa shape index (κ2) is 4.26. The summed E-state index contributed by atoms with van der Waals surface area (Å²) in [5, 5.41) is 8.88. The van der Waals surface area contributed by atoms with Crippen LogP contribution in [0.25, 0.3) is 5.69 Å². The van der Waals surface area contributed by atoms with Crippen LogP contribution < -0.4 is 0 Å². The van der Waals surface area contributed by atoms with E-state index in [0.29, 0.717) is 0 Å². The van der Waals surface area contributed by atoms with Gasteiger partial charge in [0, 0.05) is 0 Å². The van der Waals surface area contributed by atoms with Crippen LogP contribution in [-0.2, 0) is 6.42 Å². The molecule has 1 aromatic heterocycles. The maximum atomic E-state index is 4.48. The van der Waals surface area contributed by atoms with E-state index < -0.39 is 0 Å². The highest BCUT2D eigenvalue weighted by Crippen LogP contribution is 2.09. The number of para-hydroxylation sites is 1. The standard InChI is InChI=1S/C12H15N3/c1-3-7-12-10(2)13-15(14-12)11-8-5-4-6-9-11/h4-6,8-9H,3,7H2,1-2H3. The van der Waals surface area contributed by atoms with Crippen molar-refractivity contribution in [2.75, 3.05) is 0 Å². The Hall–Kier alpha value is -1.64. The van der Waals surface area contributed by atoms with Gasteiger partial charge in [0.2, 0.25) is 0 Å². The molecule has 1 heterocycles. The number of hydrogen-bond acceptors (Lipinski definition) is 2. The third-order valence-electron chi connectivity index (χ3n) is 2.35. The molecule has 3 heteroatoms. The zero-order valence-electron chi connectivity index (χ0n) is 9.14. The lowest BCUT2D eigenvalue weighted by Crippen LogP contribution is -1.98. The van der Waals surface area contributed by atoms with Gasteiger partial charge in [-0.15, -0.1) is 0 Å². The Labute approximate surface area is 89.7 Å². The minimum atomic E-state index is 0.999. The molecule has 0 saturated heterocycles. The van der Waals surface area contributed by atoms with Crippen molar-refractivity contribution in [2.24, 2.45) is 0 Å². The van der Waals surface area contributed by atoms with E-state index in [1.807, 2.05) is 37.3 Å². The van der Waals surface area contributed by atoms with Crippen molar-refractivity contribution in [1.82, 2.24) is 15.0 Å². The fourth-order valence-electron chi connectivity index (χ4n) is 1.55. The molecule has 0 fully saturated rings. The van der Waals surface area contributed by atoms with Gasteiger partial charge in [0.25, 0.3) is 0 Å². The summed E-state index contributed by atoms with van der Waals surface area (Å²) in [5.41, 5.74) is 3.14. The van der Waals surface area contributed by atoms with E-state index >= 15 is 0 Å². The molecule has 0 spiro atoms. The SMILES string of the molecule is CCCc1nn(-c2ccccc2)nc1C. The second-order valence-electron chi connectivity index (χ2n) is 3.61. The van der Waals surface area contributed by atoms with Crippen molar-refractivity contribution in [3.63, 3.8) is 0 Å². The Morgan fingerprint density at radius 3 is 2.53 bits per heavy atom. The van der Waals surface area contributed by atoms with Crippen molar-refractivity contribution in [3.05, 3.63) is 41.7 Å². The van der Waals surface area contributed by atoms with Crippen LogP contribution in [0.3, 0.4) is 0 Å². The third-order valence-corrected chi connectivity index (χ3v) is 2.35. The van der Waals surface area contributed by atoms with Gasteiger partial charge in [-0.3, -0.25) is 0 Å². The highest BCUT2D eigenvalue weighted by Gasteiger charge is 2.06. The van der Waals surface area contributed by atoms with E-state index in [1.54, 1.807) is 4.80 Å². The third kappa shape index (κ3) is 2.06. The van der Waals surface area contributed by atoms with Crippen LogP contribution in [0.15, 0.2) is 30.3 Å². The van der Waals surface area contributed by atoms with Crippen LogP contribution in [0.5, 0.6) is 0 Å². The second-order valence-corrected chi connectivity index (χ2v) is 3.61. The molecule has 2 rings (SSSR count). The monoisotopic (exact) mass is 201 g/mol. The van der Waals surface area contributed by atoms with Crippen molar-refractivity contribution < 1.29 is 0 Å². The molecule has 0 aliphatic heterocycles. The van der Waals surface area contributed by atoms with Crippen LogP contribution in [-0.4, -0.2) is 15.0 Å². The fourth-order valence-corrected chi connectivity index (χ4v) is 1.55.